The van der Waals surface area contributed by atoms with Gasteiger partial charge in [-0.2, -0.15) is 0 Å². The molecule has 0 fully saturated rings. The lowest BCUT2D eigenvalue weighted by atomic mass is 9.98. The number of ether oxygens (including phenoxy) is 1. The van der Waals surface area contributed by atoms with Gasteiger partial charge in [-0.25, -0.2) is 17.9 Å². The van der Waals surface area contributed by atoms with Gasteiger partial charge in [0.1, 0.15) is 10.6 Å². The predicted molar refractivity (Wildman–Crippen MR) is 87.1 cm³/mol. The molecule has 0 aliphatic carbocycles. The van der Waals surface area contributed by atoms with Crippen molar-refractivity contribution < 1.29 is 27.9 Å². The lowest BCUT2D eigenvalue weighted by Crippen LogP contribution is -2.33. The number of aromatic nitrogens is 1. The van der Waals surface area contributed by atoms with E-state index in [0.717, 1.165) is 0 Å². The zero-order valence-corrected chi connectivity index (χ0v) is 15.1. The average molecular weight is 360 g/mol. The minimum Gasteiger partial charge on any atom is -0.481 e. The van der Waals surface area contributed by atoms with E-state index in [-0.39, 0.29) is 29.7 Å². The molecule has 24 heavy (non-hydrogen) atoms. The predicted octanol–water partition coefficient (Wildman–Crippen LogP) is 1.23. The molecule has 2 N–H and O–H groups in total. The number of nitrogens with one attached hydrogen (secondary N) is 1. The van der Waals surface area contributed by atoms with Gasteiger partial charge in [0.05, 0.1) is 12.5 Å². The standard InChI is InChI=1S/C15H24N2O6S/c1-5-23-15(20)13-7-12(9-17(13)4)24(21,22)16-8-11(14(18)19)6-10(2)3/h7,9-11,16H,5-6,8H2,1-4H3,(H,18,19). The molecule has 0 aromatic carbocycles. The van der Waals surface area contributed by atoms with E-state index >= 15 is 0 Å². The molecular formula is C15H24N2O6S. The Kier molecular flexibility index (Phi) is 6.97. The minimum absolute atomic E-state index is 0.106. The molecule has 0 saturated heterocycles. The first-order valence-electron chi connectivity index (χ1n) is 7.64. The van der Waals surface area contributed by atoms with Gasteiger partial charge in [0, 0.05) is 19.8 Å². The number of aryl methyl sites for hydroxylation is 1. The maximum atomic E-state index is 12.3. The number of carboxylic acids is 1. The van der Waals surface area contributed by atoms with Crippen molar-refractivity contribution in [3.8, 4) is 0 Å². The van der Waals surface area contributed by atoms with Crippen molar-refractivity contribution in [2.75, 3.05) is 13.2 Å². The summed E-state index contributed by atoms with van der Waals surface area (Å²) in [7, 11) is -2.38. The number of hydrogen-bond donors (Lipinski definition) is 2. The van der Waals surface area contributed by atoms with Crippen molar-refractivity contribution in [1.29, 1.82) is 0 Å². The van der Waals surface area contributed by atoms with Crippen LogP contribution in [0.25, 0.3) is 0 Å². The number of carbonyl (C=O) groups is 2. The number of carboxylic acid groups (broad SMARTS) is 1. The van der Waals surface area contributed by atoms with Crippen LogP contribution >= 0.6 is 0 Å². The van der Waals surface area contributed by atoms with Crippen molar-refractivity contribution in [2.45, 2.75) is 32.1 Å². The van der Waals surface area contributed by atoms with E-state index in [1.807, 2.05) is 13.8 Å². The highest BCUT2D eigenvalue weighted by atomic mass is 32.2. The lowest BCUT2D eigenvalue weighted by molar-refractivity contribution is -0.142. The summed E-state index contributed by atoms with van der Waals surface area (Å²) in [6.07, 6.45) is 1.65. The monoisotopic (exact) mass is 360 g/mol. The van der Waals surface area contributed by atoms with Crippen LogP contribution in [-0.4, -0.2) is 43.2 Å². The fourth-order valence-electron chi connectivity index (χ4n) is 2.22. The topological polar surface area (TPSA) is 115 Å². The highest BCUT2D eigenvalue weighted by Crippen LogP contribution is 2.16. The summed E-state index contributed by atoms with van der Waals surface area (Å²) < 4.78 is 33.2. The van der Waals surface area contributed by atoms with Crippen molar-refractivity contribution in [3.63, 3.8) is 0 Å². The Balaban J connectivity index is 2.91. The Morgan fingerprint density at radius 3 is 2.50 bits per heavy atom. The smallest absolute Gasteiger partial charge is 0.354 e. The van der Waals surface area contributed by atoms with Crippen LogP contribution in [0.3, 0.4) is 0 Å². The molecule has 136 valence electrons. The summed E-state index contributed by atoms with van der Waals surface area (Å²) in [5.41, 5.74) is 0.106. The van der Waals surface area contributed by atoms with Gasteiger partial charge in [-0.1, -0.05) is 13.8 Å². The molecule has 0 radical (unpaired) electrons. The Labute approximate surface area is 141 Å². The molecule has 1 aromatic rings. The zero-order chi connectivity index (χ0) is 18.5. The second-order valence-electron chi connectivity index (χ2n) is 5.91. The molecule has 0 spiro atoms. The van der Waals surface area contributed by atoms with E-state index in [1.165, 1.54) is 23.9 Å². The van der Waals surface area contributed by atoms with E-state index in [1.54, 1.807) is 6.92 Å². The first-order valence-corrected chi connectivity index (χ1v) is 9.12. The maximum absolute atomic E-state index is 12.3. The number of sulfonamides is 1. The first-order chi connectivity index (χ1) is 11.1. The summed E-state index contributed by atoms with van der Waals surface area (Å²) >= 11 is 0. The summed E-state index contributed by atoms with van der Waals surface area (Å²) in [5.74, 6) is -2.35. The lowest BCUT2D eigenvalue weighted by Gasteiger charge is -2.15. The van der Waals surface area contributed by atoms with E-state index in [9.17, 15) is 18.0 Å². The fourth-order valence-corrected chi connectivity index (χ4v) is 3.37. The Bertz CT molecular complexity index is 693. The number of esters is 1. The van der Waals surface area contributed by atoms with Gasteiger partial charge in [-0.05, 0) is 25.3 Å². The number of rotatable bonds is 9. The van der Waals surface area contributed by atoms with Crippen molar-refractivity contribution in [2.24, 2.45) is 18.9 Å². The average Bonchev–Trinajstić information content (AvgIpc) is 2.86. The van der Waals surface area contributed by atoms with E-state index in [0.29, 0.717) is 6.42 Å². The van der Waals surface area contributed by atoms with Crippen LogP contribution in [0, 0.1) is 11.8 Å². The van der Waals surface area contributed by atoms with Crippen LogP contribution in [-0.2, 0) is 26.6 Å². The summed E-state index contributed by atoms with van der Waals surface area (Å²) in [6, 6.07) is 1.21. The Morgan fingerprint density at radius 1 is 1.38 bits per heavy atom. The molecule has 1 atom stereocenters. The van der Waals surface area contributed by atoms with E-state index in [2.05, 4.69) is 4.72 Å². The number of hydrogen-bond acceptors (Lipinski definition) is 5. The number of aliphatic carboxylic acids is 1. The van der Waals surface area contributed by atoms with Crippen molar-refractivity contribution in [3.05, 3.63) is 18.0 Å². The second-order valence-corrected chi connectivity index (χ2v) is 7.68. The molecule has 1 rings (SSSR count). The molecule has 1 heterocycles. The highest BCUT2D eigenvalue weighted by Gasteiger charge is 2.25. The molecule has 1 aromatic heterocycles. The number of carbonyl (C=O) groups excluding carboxylic acids is 1. The third-order valence-electron chi connectivity index (χ3n) is 3.40. The molecule has 9 heteroatoms. The molecule has 0 aliphatic rings. The van der Waals surface area contributed by atoms with Crippen LogP contribution in [0.1, 0.15) is 37.7 Å². The molecule has 0 bridgehead atoms. The van der Waals surface area contributed by atoms with Gasteiger partial charge in [0.25, 0.3) is 0 Å². The van der Waals surface area contributed by atoms with Crippen LogP contribution in [0.5, 0.6) is 0 Å². The maximum Gasteiger partial charge on any atom is 0.354 e. The first kappa shape index (κ1) is 20.2. The summed E-state index contributed by atoms with van der Waals surface area (Å²) in [5, 5.41) is 9.17. The van der Waals surface area contributed by atoms with Crippen molar-refractivity contribution >= 4 is 22.0 Å². The third kappa shape index (κ3) is 5.34. The largest absolute Gasteiger partial charge is 0.481 e. The fraction of sp³-hybridized carbons (Fsp3) is 0.600. The van der Waals surface area contributed by atoms with Crippen LogP contribution in [0.15, 0.2) is 17.2 Å². The Hall–Kier alpha value is -1.87. The highest BCUT2D eigenvalue weighted by molar-refractivity contribution is 7.89. The third-order valence-corrected chi connectivity index (χ3v) is 4.79. The van der Waals surface area contributed by atoms with E-state index in [4.69, 9.17) is 9.84 Å². The SMILES string of the molecule is CCOC(=O)c1cc(S(=O)(=O)NCC(CC(C)C)C(=O)O)cn1C. The number of nitrogens with zero attached hydrogens (tertiary/aromatic N) is 1. The van der Waals surface area contributed by atoms with Gasteiger partial charge < -0.3 is 14.4 Å². The quantitative estimate of drug-likeness (QED) is 0.640. The van der Waals surface area contributed by atoms with Crippen LogP contribution < -0.4 is 4.72 Å². The van der Waals surface area contributed by atoms with Crippen LogP contribution in [0.4, 0.5) is 0 Å². The minimum atomic E-state index is -3.92. The molecule has 0 amide bonds. The van der Waals surface area contributed by atoms with Gasteiger partial charge >= 0.3 is 11.9 Å². The van der Waals surface area contributed by atoms with Crippen LogP contribution in [0.2, 0.25) is 0 Å². The molecule has 0 aliphatic heterocycles. The van der Waals surface area contributed by atoms with Gasteiger partial charge in [0.15, 0.2) is 0 Å². The summed E-state index contributed by atoms with van der Waals surface area (Å²) in [6.45, 7) is 5.36. The molecule has 1 unspecified atom stereocenters. The zero-order valence-electron chi connectivity index (χ0n) is 14.3. The van der Waals surface area contributed by atoms with Gasteiger partial charge in [0.2, 0.25) is 10.0 Å². The second kappa shape index (κ2) is 8.29. The van der Waals surface area contributed by atoms with Crippen molar-refractivity contribution in [1.82, 2.24) is 9.29 Å². The summed E-state index contributed by atoms with van der Waals surface area (Å²) in [4.78, 5) is 22.8. The Morgan fingerprint density at radius 2 is 2.00 bits per heavy atom. The molecular weight excluding hydrogens is 336 g/mol. The normalized spacial score (nSPS) is 13.0. The van der Waals surface area contributed by atoms with E-state index < -0.39 is 27.9 Å². The van der Waals surface area contributed by atoms with Gasteiger partial charge in [-0.15, -0.1) is 0 Å². The van der Waals surface area contributed by atoms with Gasteiger partial charge in [-0.3, -0.25) is 4.79 Å². The molecule has 0 saturated carbocycles. The molecule has 8 nitrogen and oxygen atoms in total.